The molecule has 0 fully saturated rings. The van der Waals surface area contributed by atoms with Crippen molar-refractivity contribution in [1.29, 1.82) is 0 Å². The average Bonchev–Trinajstić information content (AvgIpc) is 3.40. The number of thiazole rings is 1. The molecule has 7 heteroatoms. The van der Waals surface area contributed by atoms with E-state index in [1.54, 1.807) is 30.2 Å². The van der Waals surface area contributed by atoms with Gasteiger partial charge >= 0.3 is 0 Å². The first-order valence-electron chi connectivity index (χ1n) is 9.50. The van der Waals surface area contributed by atoms with E-state index in [1.807, 2.05) is 30.3 Å². The number of thioether (sulfide) groups is 1. The topological polar surface area (TPSA) is 52.8 Å². The third-order valence-corrected chi connectivity index (χ3v) is 6.46. The fourth-order valence-electron chi connectivity index (χ4n) is 3.09. The number of hydrogen-bond acceptors (Lipinski definition) is 6. The first kappa shape index (κ1) is 20.4. The van der Waals surface area contributed by atoms with E-state index in [1.165, 1.54) is 5.56 Å². The zero-order chi connectivity index (χ0) is 20.9. The minimum absolute atomic E-state index is 0.632. The van der Waals surface area contributed by atoms with Crippen molar-refractivity contribution >= 4 is 23.1 Å². The normalized spacial score (nSPS) is 10.9. The summed E-state index contributed by atoms with van der Waals surface area (Å²) in [5.74, 6) is 2.33. The van der Waals surface area contributed by atoms with Gasteiger partial charge in [0.1, 0.15) is 10.8 Å². The second kappa shape index (κ2) is 9.28. The molecule has 0 N–H and O–H groups in total. The molecular formula is C23H22N4OS2. The summed E-state index contributed by atoms with van der Waals surface area (Å²) < 4.78 is 7.41. The number of aryl methyl sites for hydroxylation is 1. The molecule has 5 nitrogen and oxygen atoms in total. The van der Waals surface area contributed by atoms with Gasteiger partial charge in [-0.05, 0) is 25.1 Å². The third-order valence-electron chi connectivity index (χ3n) is 4.52. The molecule has 0 aliphatic heterocycles. The second-order valence-corrected chi connectivity index (χ2v) is 8.54. The van der Waals surface area contributed by atoms with E-state index >= 15 is 0 Å². The van der Waals surface area contributed by atoms with Crippen molar-refractivity contribution < 1.29 is 4.74 Å². The number of nitrogens with zero attached hydrogens (tertiary/aromatic N) is 4. The molecule has 0 spiro atoms. The van der Waals surface area contributed by atoms with E-state index in [0.717, 1.165) is 44.3 Å². The Morgan fingerprint density at radius 3 is 2.77 bits per heavy atom. The number of allylic oxidation sites excluding steroid dienone is 1. The standard InChI is InChI=1S/C23H22N4OS2/c1-4-11-27-21(17-8-6-10-20(13-17)28-3)25-26-23(27)30-15-19-14-29-22(24-19)18-9-5-7-16(2)12-18/h4-10,12-14H,1,11,15H2,2-3H3. The van der Waals surface area contributed by atoms with Crippen LogP contribution in [0.4, 0.5) is 0 Å². The quantitative estimate of drug-likeness (QED) is 0.257. The van der Waals surface area contributed by atoms with Crippen molar-refractivity contribution in [3.05, 3.63) is 77.8 Å². The number of aromatic nitrogens is 4. The lowest BCUT2D eigenvalue weighted by Crippen LogP contribution is -2.01. The molecule has 2 aromatic carbocycles. The van der Waals surface area contributed by atoms with Crippen LogP contribution in [0.3, 0.4) is 0 Å². The molecule has 0 aliphatic rings. The Balaban J connectivity index is 1.54. The van der Waals surface area contributed by atoms with Gasteiger partial charge < -0.3 is 4.74 Å². The van der Waals surface area contributed by atoms with Crippen molar-refractivity contribution in [2.45, 2.75) is 24.4 Å². The maximum absolute atomic E-state index is 5.34. The molecule has 2 heterocycles. The van der Waals surface area contributed by atoms with Crippen molar-refractivity contribution in [1.82, 2.24) is 19.7 Å². The number of benzene rings is 2. The van der Waals surface area contributed by atoms with E-state index in [-0.39, 0.29) is 0 Å². The van der Waals surface area contributed by atoms with Gasteiger partial charge in [-0.15, -0.1) is 28.1 Å². The van der Waals surface area contributed by atoms with E-state index < -0.39 is 0 Å². The Bertz CT molecular complexity index is 1170. The van der Waals surface area contributed by atoms with Crippen LogP contribution in [0, 0.1) is 6.92 Å². The molecular weight excluding hydrogens is 412 g/mol. The fraction of sp³-hybridized carbons (Fsp3) is 0.174. The van der Waals surface area contributed by atoms with Crippen molar-refractivity contribution in [3.63, 3.8) is 0 Å². The predicted molar refractivity (Wildman–Crippen MR) is 124 cm³/mol. The largest absolute Gasteiger partial charge is 0.497 e. The van der Waals surface area contributed by atoms with E-state index in [2.05, 4.69) is 57.9 Å². The molecule has 0 aliphatic carbocycles. The highest BCUT2D eigenvalue weighted by molar-refractivity contribution is 7.98. The van der Waals surface area contributed by atoms with Gasteiger partial charge in [0, 0.05) is 28.8 Å². The maximum atomic E-state index is 5.34. The van der Waals surface area contributed by atoms with Crippen molar-refractivity contribution in [3.8, 4) is 27.7 Å². The van der Waals surface area contributed by atoms with Gasteiger partial charge in [0.25, 0.3) is 0 Å². The van der Waals surface area contributed by atoms with Crippen LogP contribution in [0.2, 0.25) is 0 Å². The fourth-order valence-corrected chi connectivity index (χ4v) is 4.85. The lowest BCUT2D eigenvalue weighted by Gasteiger charge is -2.08. The maximum Gasteiger partial charge on any atom is 0.192 e. The Kier molecular flexibility index (Phi) is 6.30. The van der Waals surface area contributed by atoms with Gasteiger partial charge in [-0.1, -0.05) is 53.7 Å². The van der Waals surface area contributed by atoms with Crippen LogP contribution in [0.5, 0.6) is 5.75 Å². The van der Waals surface area contributed by atoms with Crippen LogP contribution in [0.1, 0.15) is 11.3 Å². The Morgan fingerprint density at radius 1 is 1.13 bits per heavy atom. The number of hydrogen-bond donors (Lipinski definition) is 0. The molecule has 0 saturated heterocycles. The highest BCUT2D eigenvalue weighted by Gasteiger charge is 2.15. The smallest absolute Gasteiger partial charge is 0.192 e. The van der Waals surface area contributed by atoms with Crippen LogP contribution in [0.25, 0.3) is 22.0 Å². The van der Waals surface area contributed by atoms with E-state index in [4.69, 9.17) is 9.72 Å². The summed E-state index contributed by atoms with van der Waals surface area (Å²) in [6, 6.07) is 16.3. The van der Waals surface area contributed by atoms with Crippen molar-refractivity contribution in [2.75, 3.05) is 7.11 Å². The van der Waals surface area contributed by atoms with E-state index in [0.29, 0.717) is 6.54 Å². The summed E-state index contributed by atoms with van der Waals surface area (Å²) in [5, 5.41) is 12.8. The molecule has 152 valence electrons. The van der Waals surface area contributed by atoms with Crippen LogP contribution in [-0.2, 0) is 12.3 Å². The predicted octanol–water partition coefficient (Wildman–Crippen LogP) is 5.86. The Labute approximate surface area is 184 Å². The number of methoxy groups -OCH3 is 1. The summed E-state index contributed by atoms with van der Waals surface area (Å²) in [4.78, 5) is 4.80. The summed E-state index contributed by atoms with van der Waals surface area (Å²) in [6.07, 6.45) is 1.86. The molecule has 4 aromatic rings. The van der Waals surface area contributed by atoms with Crippen molar-refractivity contribution in [2.24, 2.45) is 0 Å². The summed E-state index contributed by atoms with van der Waals surface area (Å²) in [7, 11) is 1.66. The summed E-state index contributed by atoms with van der Waals surface area (Å²) in [6.45, 7) is 6.62. The zero-order valence-electron chi connectivity index (χ0n) is 16.9. The molecule has 0 atom stereocenters. The molecule has 2 aromatic heterocycles. The monoisotopic (exact) mass is 434 g/mol. The minimum Gasteiger partial charge on any atom is -0.497 e. The highest BCUT2D eigenvalue weighted by atomic mass is 32.2. The van der Waals surface area contributed by atoms with Gasteiger partial charge in [0.05, 0.1) is 12.8 Å². The molecule has 0 saturated carbocycles. The van der Waals surface area contributed by atoms with Gasteiger partial charge in [0.2, 0.25) is 0 Å². The van der Waals surface area contributed by atoms with Gasteiger partial charge in [0.15, 0.2) is 11.0 Å². The average molecular weight is 435 g/mol. The van der Waals surface area contributed by atoms with Crippen LogP contribution >= 0.6 is 23.1 Å². The molecule has 0 amide bonds. The number of ether oxygens (including phenoxy) is 1. The van der Waals surface area contributed by atoms with Crippen LogP contribution < -0.4 is 4.74 Å². The zero-order valence-corrected chi connectivity index (χ0v) is 18.5. The van der Waals surface area contributed by atoms with E-state index in [9.17, 15) is 0 Å². The summed E-state index contributed by atoms with van der Waals surface area (Å²) in [5.41, 5.74) is 4.40. The first-order valence-corrected chi connectivity index (χ1v) is 11.4. The third kappa shape index (κ3) is 4.47. The molecule has 0 bridgehead atoms. The Morgan fingerprint density at radius 2 is 1.97 bits per heavy atom. The van der Waals surface area contributed by atoms with Gasteiger partial charge in [-0.25, -0.2) is 4.98 Å². The SMILES string of the molecule is C=CCn1c(SCc2csc(-c3cccc(C)c3)n2)nnc1-c1cccc(OC)c1. The highest BCUT2D eigenvalue weighted by Crippen LogP contribution is 2.30. The molecule has 0 unspecified atom stereocenters. The lowest BCUT2D eigenvalue weighted by molar-refractivity contribution is 0.415. The Hall–Kier alpha value is -2.90. The number of rotatable bonds is 8. The second-order valence-electron chi connectivity index (χ2n) is 6.74. The van der Waals surface area contributed by atoms with Gasteiger partial charge in [-0.3, -0.25) is 4.57 Å². The minimum atomic E-state index is 0.632. The summed E-state index contributed by atoms with van der Waals surface area (Å²) >= 11 is 3.30. The molecule has 30 heavy (non-hydrogen) atoms. The van der Waals surface area contributed by atoms with Crippen LogP contribution in [-0.4, -0.2) is 26.9 Å². The molecule has 4 rings (SSSR count). The van der Waals surface area contributed by atoms with Gasteiger partial charge in [-0.2, -0.15) is 0 Å². The first-order chi connectivity index (χ1) is 14.7. The molecule has 0 radical (unpaired) electrons. The lowest BCUT2D eigenvalue weighted by atomic mass is 10.1. The van der Waals surface area contributed by atoms with Crippen LogP contribution in [0.15, 0.2) is 71.7 Å².